The Hall–Kier alpha value is -7.21. The van der Waals surface area contributed by atoms with Crippen LogP contribution >= 0.6 is 11.3 Å². The lowest BCUT2D eigenvalue weighted by molar-refractivity contribution is 1.06. The van der Waals surface area contributed by atoms with Gasteiger partial charge in [-0.1, -0.05) is 158 Å². The van der Waals surface area contributed by atoms with Gasteiger partial charge in [0.2, 0.25) is 0 Å². The number of aromatic nitrogens is 4. The number of hydrogen-bond acceptors (Lipinski definition) is 4. The third kappa shape index (κ3) is 5.40. The first-order valence-corrected chi connectivity index (χ1v) is 18.9. The normalized spacial score (nSPS) is 13.6. The van der Waals surface area contributed by atoms with Gasteiger partial charge < -0.3 is 4.57 Å². The molecule has 5 heteroatoms. The molecule has 0 aliphatic carbocycles. The lowest BCUT2D eigenvalue weighted by atomic mass is 10.00. The fourth-order valence-electron chi connectivity index (χ4n) is 7.52. The number of fused-ring (bicyclic) bond motifs is 6. The molecule has 11 aromatic rings. The molecule has 0 unspecified atom stereocenters. The zero-order valence-corrected chi connectivity index (χ0v) is 30.4. The molecular weight excluding hydrogens is 701 g/mol. The summed E-state index contributed by atoms with van der Waals surface area (Å²) in [5.74, 6) is 1.02. The van der Waals surface area contributed by atoms with Gasteiger partial charge >= 0.3 is 0 Å². The van der Waals surface area contributed by atoms with E-state index in [0.717, 1.165) is 33.4 Å². The van der Waals surface area contributed by atoms with Gasteiger partial charge in [0.05, 0.1) is 27.7 Å². The monoisotopic (exact) mass is 740 g/mol. The largest absolute Gasteiger partial charge is 0.308 e. The Morgan fingerprint density at radius 1 is 0.411 bits per heavy atom. The molecular formula is C51H32N4S. The molecule has 3 aromatic heterocycles. The van der Waals surface area contributed by atoms with E-state index in [9.17, 15) is 2.74 Å². The van der Waals surface area contributed by atoms with Gasteiger partial charge in [-0.15, -0.1) is 11.3 Å². The smallest absolute Gasteiger partial charge is 0.166 e. The topological polar surface area (TPSA) is 43.6 Å². The van der Waals surface area contributed by atoms with Gasteiger partial charge in [-0.3, -0.25) is 0 Å². The summed E-state index contributed by atoms with van der Waals surface area (Å²) in [5, 5.41) is 2.36. The summed E-state index contributed by atoms with van der Waals surface area (Å²) in [6, 6.07) is 44.0. The van der Waals surface area contributed by atoms with Crippen molar-refractivity contribution in [1.29, 1.82) is 0 Å². The summed E-state index contributed by atoms with van der Waals surface area (Å²) in [6.45, 7) is 0. The minimum atomic E-state index is -0.511. The van der Waals surface area contributed by atoms with Crippen molar-refractivity contribution in [2.24, 2.45) is 0 Å². The van der Waals surface area contributed by atoms with Crippen LogP contribution in [0.3, 0.4) is 0 Å². The molecule has 0 saturated heterocycles. The Kier molecular flexibility index (Phi) is 5.92. The van der Waals surface area contributed by atoms with Crippen molar-refractivity contribution in [3.8, 4) is 62.1 Å². The van der Waals surface area contributed by atoms with Crippen LogP contribution in [0.2, 0.25) is 0 Å². The Morgan fingerprint density at radius 3 is 1.77 bits per heavy atom. The van der Waals surface area contributed by atoms with Crippen molar-refractivity contribution in [3.63, 3.8) is 0 Å². The van der Waals surface area contributed by atoms with Gasteiger partial charge in [-0.2, -0.15) is 0 Å². The molecule has 0 N–H and O–H groups in total. The van der Waals surface area contributed by atoms with E-state index in [1.807, 2.05) is 91.0 Å². The standard InChI is InChI=1S/C51H32N4S/c1-3-15-33(16-4-1)35-29-30-43(46(32-35)55-44-26-10-7-21-39(44)40-22-8-11-27-45(40)55)51-53-49(34-17-5-2-6-18-34)52-50(54-51)37-20-13-19-36(31-37)38-24-14-25-42-41-23-9-12-28-47(41)56-48(38)42/h1-32H/i7D,8D,10D,11D,21D,22D,26D,27D. The molecule has 8 aromatic carbocycles. The van der Waals surface area contributed by atoms with Crippen LogP contribution in [0.5, 0.6) is 0 Å². The van der Waals surface area contributed by atoms with Gasteiger partial charge in [0, 0.05) is 47.6 Å². The van der Waals surface area contributed by atoms with E-state index in [1.165, 1.54) is 24.7 Å². The Bertz CT molecular complexity index is 3640. The highest BCUT2D eigenvalue weighted by Gasteiger charge is 2.21. The highest BCUT2D eigenvalue weighted by Crippen LogP contribution is 2.41. The maximum absolute atomic E-state index is 9.29. The van der Waals surface area contributed by atoms with Crippen molar-refractivity contribution >= 4 is 53.3 Å². The molecule has 0 atom stereocenters. The predicted molar refractivity (Wildman–Crippen MR) is 234 cm³/mol. The molecule has 0 amide bonds. The maximum Gasteiger partial charge on any atom is 0.166 e. The van der Waals surface area contributed by atoms with Crippen LogP contribution in [0.1, 0.15) is 11.0 Å². The van der Waals surface area contributed by atoms with Gasteiger partial charge in [-0.25, -0.2) is 15.0 Å². The summed E-state index contributed by atoms with van der Waals surface area (Å²) >= 11 is 1.75. The summed E-state index contributed by atoms with van der Waals surface area (Å²) < 4.78 is 75.4. The van der Waals surface area contributed by atoms with Crippen molar-refractivity contribution in [2.75, 3.05) is 0 Å². The van der Waals surface area contributed by atoms with Crippen LogP contribution in [-0.4, -0.2) is 19.5 Å². The summed E-state index contributed by atoms with van der Waals surface area (Å²) in [7, 11) is 0. The number of para-hydroxylation sites is 2. The van der Waals surface area contributed by atoms with Gasteiger partial charge in [-0.05, 0) is 58.6 Å². The second-order valence-electron chi connectivity index (χ2n) is 13.4. The average molecular weight is 741 g/mol. The molecule has 4 nitrogen and oxygen atoms in total. The fourth-order valence-corrected chi connectivity index (χ4v) is 8.76. The number of thiophene rings is 1. The molecule has 0 saturated carbocycles. The molecule has 0 fully saturated rings. The highest BCUT2D eigenvalue weighted by molar-refractivity contribution is 7.26. The lowest BCUT2D eigenvalue weighted by Gasteiger charge is -2.16. The summed E-state index contributed by atoms with van der Waals surface area (Å²) in [5.41, 5.74) is 5.92. The molecule has 0 radical (unpaired) electrons. The van der Waals surface area contributed by atoms with E-state index in [-0.39, 0.29) is 27.6 Å². The minimum Gasteiger partial charge on any atom is -0.308 e. The first-order valence-electron chi connectivity index (χ1n) is 22.1. The van der Waals surface area contributed by atoms with E-state index in [0.29, 0.717) is 22.9 Å². The van der Waals surface area contributed by atoms with Crippen LogP contribution in [0.4, 0.5) is 0 Å². The molecule has 3 heterocycles. The lowest BCUT2D eigenvalue weighted by Crippen LogP contribution is -2.04. The summed E-state index contributed by atoms with van der Waals surface area (Å²) in [6.07, 6.45) is 0. The second kappa shape index (κ2) is 13.3. The average Bonchev–Trinajstić information content (AvgIpc) is 3.91. The maximum atomic E-state index is 9.29. The van der Waals surface area contributed by atoms with Gasteiger partial charge in [0.25, 0.3) is 0 Å². The Morgan fingerprint density at radius 2 is 1.00 bits per heavy atom. The van der Waals surface area contributed by atoms with Crippen molar-refractivity contribution in [3.05, 3.63) is 194 Å². The molecule has 56 heavy (non-hydrogen) atoms. The highest BCUT2D eigenvalue weighted by atomic mass is 32.1. The zero-order chi connectivity index (χ0) is 44.0. The number of benzene rings is 8. The second-order valence-corrected chi connectivity index (χ2v) is 14.5. The van der Waals surface area contributed by atoms with Crippen LogP contribution in [0.15, 0.2) is 194 Å². The molecule has 262 valence electrons. The first-order chi connectivity index (χ1) is 31.1. The van der Waals surface area contributed by atoms with Gasteiger partial charge in [0.15, 0.2) is 17.5 Å². The molecule has 0 bridgehead atoms. The van der Waals surface area contributed by atoms with Crippen LogP contribution in [0.25, 0.3) is 104 Å². The first kappa shape index (κ1) is 25.0. The quantitative estimate of drug-likeness (QED) is 0.170. The molecule has 0 aliphatic heterocycles. The zero-order valence-electron chi connectivity index (χ0n) is 37.6. The van der Waals surface area contributed by atoms with Crippen molar-refractivity contribution in [2.45, 2.75) is 0 Å². The van der Waals surface area contributed by atoms with Crippen LogP contribution in [-0.2, 0) is 0 Å². The van der Waals surface area contributed by atoms with E-state index < -0.39 is 48.3 Å². The van der Waals surface area contributed by atoms with E-state index in [4.69, 9.17) is 23.2 Å². The Labute approximate surface area is 338 Å². The Balaban J connectivity index is 1.21. The summed E-state index contributed by atoms with van der Waals surface area (Å²) in [4.78, 5) is 15.3. The van der Waals surface area contributed by atoms with E-state index >= 15 is 0 Å². The fraction of sp³-hybridized carbons (Fsp3) is 0. The van der Waals surface area contributed by atoms with Crippen molar-refractivity contribution < 1.29 is 11.0 Å². The minimum absolute atomic E-state index is 0.000129. The van der Waals surface area contributed by atoms with Crippen LogP contribution < -0.4 is 0 Å². The third-order valence-corrected chi connectivity index (χ3v) is 11.3. The van der Waals surface area contributed by atoms with Gasteiger partial charge in [0.1, 0.15) is 0 Å². The van der Waals surface area contributed by atoms with E-state index in [2.05, 4.69) is 54.6 Å². The van der Waals surface area contributed by atoms with E-state index in [1.54, 1.807) is 11.3 Å². The molecule has 11 rings (SSSR count). The number of rotatable bonds is 6. The van der Waals surface area contributed by atoms with Crippen molar-refractivity contribution in [1.82, 2.24) is 19.5 Å². The van der Waals surface area contributed by atoms with Crippen LogP contribution in [0, 0.1) is 0 Å². The molecule has 0 spiro atoms. The third-order valence-electron chi connectivity index (χ3n) is 10.1. The predicted octanol–water partition coefficient (Wildman–Crippen LogP) is 13.7. The molecule has 0 aliphatic rings. The number of nitrogens with zero attached hydrogens (tertiary/aromatic N) is 4. The SMILES string of the molecule is [2H]c1c([2H])c([2H])c2c(c1[2H])c1c([2H])c([2H])c([2H])c([2H])c1n2-c1cc(-c2ccccc2)ccc1-c1nc(-c2ccccc2)nc(-c2cccc(-c3cccc4c3sc3ccccc34)c2)n1. The number of hydrogen-bond donors (Lipinski definition) is 0.